The first kappa shape index (κ1) is 22.6. The van der Waals surface area contributed by atoms with Crippen molar-refractivity contribution in [3.8, 4) is 5.69 Å². The maximum atomic E-state index is 13.3. The first-order chi connectivity index (χ1) is 15.3. The lowest BCUT2D eigenvalue weighted by molar-refractivity contribution is -0.116. The molecule has 2 aromatic heterocycles. The van der Waals surface area contributed by atoms with Crippen LogP contribution in [-0.4, -0.2) is 33.6 Å². The number of halogens is 1. The number of benzene rings is 1. The summed E-state index contributed by atoms with van der Waals surface area (Å²) < 4.78 is 14.9. The van der Waals surface area contributed by atoms with Crippen molar-refractivity contribution in [2.45, 2.75) is 20.4 Å². The molecule has 0 atom stereocenters. The Kier molecular flexibility index (Phi) is 6.94. The number of aromatic nitrogens is 3. The number of rotatable bonds is 7. The van der Waals surface area contributed by atoms with Gasteiger partial charge in [-0.2, -0.15) is 5.10 Å². The second-order valence-corrected chi connectivity index (χ2v) is 7.02. The normalized spacial score (nSPS) is 11.2. The van der Waals surface area contributed by atoms with Gasteiger partial charge in [-0.1, -0.05) is 18.7 Å². The number of allylic oxidation sites excluding steroid dienone is 1. The Morgan fingerprint density at radius 3 is 2.47 bits per heavy atom. The molecule has 0 aliphatic rings. The molecule has 0 saturated heterocycles. The number of hydrogen-bond acceptors (Lipinski definition) is 4. The molecule has 32 heavy (non-hydrogen) atoms. The maximum absolute atomic E-state index is 13.3. The summed E-state index contributed by atoms with van der Waals surface area (Å²) in [6, 6.07) is 9.44. The molecule has 0 unspecified atom stereocenters. The third kappa shape index (κ3) is 4.80. The van der Waals surface area contributed by atoms with Crippen LogP contribution in [0.1, 0.15) is 30.7 Å². The van der Waals surface area contributed by atoms with Crippen molar-refractivity contribution in [2.24, 2.45) is 0 Å². The van der Waals surface area contributed by atoms with Crippen LogP contribution in [0.5, 0.6) is 0 Å². The van der Waals surface area contributed by atoms with Gasteiger partial charge in [-0.05, 0) is 48.9 Å². The highest BCUT2D eigenvalue weighted by Gasteiger charge is 2.18. The Bertz CT molecular complexity index is 1160. The topological polar surface area (TPSA) is 80.1 Å². The third-order valence-electron chi connectivity index (χ3n) is 4.97. The first-order valence-electron chi connectivity index (χ1n) is 9.96. The molecule has 2 heterocycles. The van der Waals surface area contributed by atoms with Crippen molar-refractivity contribution in [1.29, 1.82) is 0 Å². The number of hydrogen-bond donors (Lipinski definition) is 1. The summed E-state index contributed by atoms with van der Waals surface area (Å²) in [5, 5.41) is 7.24. The van der Waals surface area contributed by atoms with Crippen LogP contribution < -0.4 is 10.2 Å². The van der Waals surface area contributed by atoms with E-state index in [2.05, 4.69) is 22.0 Å². The Hall–Kier alpha value is -4.07. The summed E-state index contributed by atoms with van der Waals surface area (Å²) in [4.78, 5) is 30.0. The molecule has 3 aromatic rings. The van der Waals surface area contributed by atoms with E-state index in [1.807, 2.05) is 0 Å². The average molecular weight is 433 g/mol. The van der Waals surface area contributed by atoms with E-state index in [9.17, 15) is 14.0 Å². The van der Waals surface area contributed by atoms with Gasteiger partial charge in [-0.15, -0.1) is 0 Å². The van der Waals surface area contributed by atoms with Gasteiger partial charge in [0.1, 0.15) is 11.6 Å². The smallest absolute Gasteiger partial charge is 0.251 e. The summed E-state index contributed by atoms with van der Waals surface area (Å²) in [6.45, 7) is 7.34. The highest BCUT2D eigenvalue weighted by atomic mass is 19.1. The highest BCUT2D eigenvalue weighted by molar-refractivity contribution is 6.20. The molecule has 3 rings (SSSR count). The zero-order chi connectivity index (χ0) is 23.3. The molecule has 1 N–H and O–H groups in total. The van der Waals surface area contributed by atoms with E-state index in [0.29, 0.717) is 28.3 Å². The van der Waals surface area contributed by atoms with E-state index in [1.165, 1.54) is 24.0 Å². The van der Waals surface area contributed by atoms with Gasteiger partial charge in [0.15, 0.2) is 0 Å². The number of pyridine rings is 1. The predicted molar refractivity (Wildman–Crippen MR) is 122 cm³/mol. The lowest BCUT2D eigenvalue weighted by atomic mass is 10.1. The Labute approximate surface area is 185 Å². The quantitative estimate of drug-likeness (QED) is 0.576. The van der Waals surface area contributed by atoms with E-state index in [1.54, 1.807) is 67.5 Å². The van der Waals surface area contributed by atoms with Crippen LogP contribution >= 0.6 is 0 Å². The van der Waals surface area contributed by atoms with E-state index in [-0.39, 0.29) is 24.2 Å². The van der Waals surface area contributed by atoms with Crippen molar-refractivity contribution in [3.05, 3.63) is 84.1 Å². The Balaban J connectivity index is 1.76. The van der Waals surface area contributed by atoms with Gasteiger partial charge >= 0.3 is 0 Å². The molecule has 0 aliphatic heterocycles. The molecule has 7 nitrogen and oxygen atoms in total. The number of amides is 2. The predicted octanol–water partition coefficient (Wildman–Crippen LogP) is 3.75. The van der Waals surface area contributed by atoms with E-state index < -0.39 is 0 Å². The largest absolute Gasteiger partial charge is 0.348 e. The summed E-state index contributed by atoms with van der Waals surface area (Å²) in [5.74, 6) is -0.203. The molecule has 2 amide bonds. The molecular formula is C24H24FN5O2. The van der Waals surface area contributed by atoms with Crippen LogP contribution in [0.2, 0.25) is 0 Å². The molecule has 0 saturated carbocycles. The van der Waals surface area contributed by atoms with E-state index >= 15 is 0 Å². The molecule has 8 heteroatoms. The monoisotopic (exact) mass is 433 g/mol. The second kappa shape index (κ2) is 9.82. The van der Waals surface area contributed by atoms with Crippen molar-refractivity contribution in [1.82, 2.24) is 20.1 Å². The fourth-order valence-electron chi connectivity index (χ4n) is 3.12. The Morgan fingerprint density at radius 2 is 1.91 bits per heavy atom. The number of anilines is 1. The molecule has 0 spiro atoms. The zero-order valence-corrected chi connectivity index (χ0v) is 18.2. The molecule has 0 bridgehead atoms. The van der Waals surface area contributed by atoms with Crippen molar-refractivity contribution < 1.29 is 14.0 Å². The maximum Gasteiger partial charge on any atom is 0.251 e. The molecule has 164 valence electrons. The van der Waals surface area contributed by atoms with Gasteiger partial charge in [0.2, 0.25) is 5.91 Å². The van der Waals surface area contributed by atoms with Gasteiger partial charge in [0, 0.05) is 37.8 Å². The Morgan fingerprint density at radius 1 is 1.19 bits per heavy atom. The van der Waals surface area contributed by atoms with Gasteiger partial charge in [-0.25, -0.2) is 14.1 Å². The molecular weight excluding hydrogens is 409 g/mol. The third-order valence-corrected chi connectivity index (χ3v) is 4.97. The summed E-state index contributed by atoms with van der Waals surface area (Å²) in [6.07, 6.45) is 6.52. The first-order valence-corrected chi connectivity index (χ1v) is 9.96. The molecule has 1 aromatic carbocycles. The fraction of sp³-hybridized carbons (Fsp3) is 0.167. The number of carbonyl (C=O) groups is 2. The zero-order valence-electron chi connectivity index (χ0n) is 18.2. The van der Waals surface area contributed by atoms with Crippen LogP contribution in [0.25, 0.3) is 17.3 Å². The van der Waals surface area contributed by atoms with E-state index in [0.717, 1.165) is 5.56 Å². The lowest BCUT2D eigenvalue weighted by Crippen LogP contribution is -2.25. The highest BCUT2D eigenvalue weighted by Crippen LogP contribution is 2.24. The summed E-state index contributed by atoms with van der Waals surface area (Å²) in [5.41, 5.74) is 3.12. The fourth-order valence-corrected chi connectivity index (χ4v) is 3.12. The van der Waals surface area contributed by atoms with Gasteiger partial charge in [0.25, 0.3) is 5.91 Å². The van der Waals surface area contributed by atoms with Crippen LogP contribution in [-0.2, 0) is 16.1 Å². The van der Waals surface area contributed by atoms with Crippen molar-refractivity contribution >= 4 is 29.3 Å². The number of nitrogens with one attached hydrogen (secondary N) is 1. The minimum absolute atomic E-state index is 0.115. The molecule has 0 fully saturated rings. The second-order valence-electron chi connectivity index (χ2n) is 7.02. The van der Waals surface area contributed by atoms with Gasteiger partial charge in [-0.3, -0.25) is 9.59 Å². The van der Waals surface area contributed by atoms with Crippen LogP contribution in [0.15, 0.2) is 61.4 Å². The molecule has 0 aliphatic carbocycles. The minimum atomic E-state index is -0.342. The summed E-state index contributed by atoms with van der Waals surface area (Å²) in [7, 11) is 1.65. The SMILES string of the molecule is C=Cc1c(/C(=C\C)C(=O)NCc2ccc(N(C)C(C)=O)nc2)cnn1-c1ccc(F)cc1. The standard InChI is InChI=1S/C24H24FN5O2/c1-5-20(21-15-28-30(22(21)6-2)19-10-8-18(25)9-11-19)24(32)27-14-17-7-12-23(26-13-17)29(4)16(3)31/h5-13,15H,2,14H2,1,3-4H3,(H,27,32)/b20-5+. The van der Waals surface area contributed by atoms with Crippen LogP contribution in [0.4, 0.5) is 10.2 Å². The summed E-state index contributed by atoms with van der Waals surface area (Å²) >= 11 is 0. The van der Waals surface area contributed by atoms with Crippen molar-refractivity contribution in [2.75, 3.05) is 11.9 Å². The van der Waals surface area contributed by atoms with Gasteiger partial charge < -0.3 is 10.2 Å². The number of carbonyl (C=O) groups excluding carboxylic acids is 2. The minimum Gasteiger partial charge on any atom is -0.348 e. The van der Waals surface area contributed by atoms with Gasteiger partial charge in [0.05, 0.1) is 17.6 Å². The lowest BCUT2D eigenvalue weighted by Gasteiger charge is -2.14. The molecule has 0 radical (unpaired) electrons. The average Bonchev–Trinajstić information content (AvgIpc) is 3.22. The van der Waals surface area contributed by atoms with Crippen LogP contribution in [0, 0.1) is 5.82 Å². The van der Waals surface area contributed by atoms with Crippen LogP contribution in [0.3, 0.4) is 0 Å². The number of nitrogens with zero attached hydrogens (tertiary/aromatic N) is 4. The van der Waals surface area contributed by atoms with Crippen molar-refractivity contribution in [3.63, 3.8) is 0 Å². The van der Waals surface area contributed by atoms with E-state index in [4.69, 9.17) is 0 Å².